The Balaban J connectivity index is 4.48. The van der Waals surface area contributed by atoms with E-state index in [9.17, 15) is 8.42 Å². The van der Waals surface area contributed by atoms with Crippen LogP contribution in [0.1, 0.15) is 41.0 Å². The van der Waals surface area contributed by atoms with Gasteiger partial charge in [-0.2, -0.15) is 0 Å². The lowest BCUT2D eigenvalue weighted by Crippen LogP contribution is -2.23. The van der Waals surface area contributed by atoms with Crippen molar-refractivity contribution in [1.29, 1.82) is 0 Å². The van der Waals surface area contributed by atoms with Crippen molar-refractivity contribution in [2.45, 2.75) is 46.9 Å². The molecule has 14 heavy (non-hydrogen) atoms. The highest BCUT2D eigenvalue weighted by atomic mass is 32.2. The summed E-state index contributed by atoms with van der Waals surface area (Å²) in [5.74, 6) is 0.307. The lowest BCUT2D eigenvalue weighted by Gasteiger charge is -2.27. The lowest BCUT2D eigenvalue weighted by atomic mass is 9.68. The average Bonchev–Trinajstić information content (AvgIpc) is 1.78. The van der Waals surface area contributed by atoms with Gasteiger partial charge in [0, 0.05) is 0 Å². The second kappa shape index (κ2) is 4.66. The third-order valence-electron chi connectivity index (χ3n) is 2.24. The zero-order valence-electron chi connectivity index (χ0n) is 9.74. The maximum absolute atomic E-state index is 10.8. The van der Waals surface area contributed by atoms with Gasteiger partial charge in [-0.1, -0.05) is 41.0 Å². The van der Waals surface area contributed by atoms with Crippen molar-refractivity contribution in [3.05, 3.63) is 0 Å². The molecule has 0 aromatic carbocycles. The summed E-state index contributed by atoms with van der Waals surface area (Å²) < 4.78 is 30.4. The van der Waals surface area contributed by atoms with Gasteiger partial charge < -0.3 is 0 Å². The Bertz CT molecular complexity index is 264. The number of hydrogen-bond acceptors (Lipinski definition) is 2. The Labute approximate surface area is 88.2 Å². The van der Waals surface area contributed by atoms with Crippen LogP contribution in [-0.4, -0.2) is 19.5 Å². The SMILES string of the molecule is CC(C)C(BS(=O)(=O)O)CC(C)(C)C. The molecule has 3 nitrogen and oxygen atoms in total. The van der Waals surface area contributed by atoms with Crippen LogP contribution in [0.2, 0.25) is 5.82 Å². The van der Waals surface area contributed by atoms with E-state index in [2.05, 4.69) is 20.8 Å². The Morgan fingerprint density at radius 2 is 1.71 bits per heavy atom. The van der Waals surface area contributed by atoms with Crippen molar-refractivity contribution in [2.24, 2.45) is 11.3 Å². The Morgan fingerprint density at radius 1 is 1.29 bits per heavy atom. The standard InChI is InChI=1S/C9H21BO3S/c1-7(2)8(6-9(3,4)5)10-14(11,12)13/h7-8,10H,6H2,1-5H3,(H,11,12,13). The quantitative estimate of drug-likeness (QED) is 0.583. The van der Waals surface area contributed by atoms with Crippen LogP contribution in [0.3, 0.4) is 0 Å². The van der Waals surface area contributed by atoms with Crippen molar-refractivity contribution in [3.63, 3.8) is 0 Å². The van der Waals surface area contributed by atoms with Crippen LogP contribution in [0.5, 0.6) is 0 Å². The van der Waals surface area contributed by atoms with Gasteiger partial charge >= 0.3 is 6.56 Å². The Morgan fingerprint density at radius 3 is 1.93 bits per heavy atom. The molecule has 0 radical (unpaired) electrons. The number of rotatable bonds is 4. The minimum Gasteiger partial charge on any atom is -0.295 e. The summed E-state index contributed by atoms with van der Waals surface area (Å²) in [7, 11) is -3.84. The first-order chi connectivity index (χ1) is 6.01. The highest BCUT2D eigenvalue weighted by Gasteiger charge is 2.27. The smallest absolute Gasteiger partial charge is 0.295 e. The average molecular weight is 220 g/mol. The van der Waals surface area contributed by atoms with Crippen molar-refractivity contribution in [3.8, 4) is 0 Å². The fourth-order valence-electron chi connectivity index (χ4n) is 1.54. The van der Waals surface area contributed by atoms with Crippen molar-refractivity contribution in [1.82, 2.24) is 0 Å². The number of hydrogen-bond donors (Lipinski definition) is 1. The largest absolute Gasteiger partial charge is 0.312 e. The molecule has 1 atom stereocenters. The molecule has 0 aromatic rings. The lowest BCUT2D eigenvalue weighted by molar-refractivity contribution is 0.337. The fraction of sp³-hybridized carbons (Fsp3) is 1.00. The van der Waals surface area contributed by atoms with Gasteiger partial charge in [-0.05, 0) is 17.2 Å². The zero-order chi connectivity index (χ0) is 11.6. The normalized spacial score (nSPS) is 15.6. The van der Waals surface area contributed by atoms with Crippen LogP contribution in [0.25, 0.3) is 0 Å². The third-order valence-corrected chi connectivity index (χ3v) is 3.09. The first-order valence-corrected chi connectivity index (χ1v) is 6.57. The molecule has 84 valence electrons. The van der Waals surface area contributed by atoms with Crippen LogP contribution in [0.15, 0.2) is 0 Å². The fourth-order valence-corrected chi connectivity index (χ4v) is 2.59. The molecule has 0 aliphatic carbocycles. The summed E-state index contributed by atoms with van der Waals surface area (Å²) >= 11 is 0. The molecule has 0 aliphatic heterocycles. The molecule has 1 N–H and O–H groups in total. The first-order valence-electron chi connectivity index (χ1n) is 4.96. The molecular formula is C9H21BO3S. The van der Waals surface area contributed by atoms with Crippen LogP contribution in [-0.2, 0) is 9.97 Å². The van der Waals surface area contributed by atoms with E-state index in [-0.39, 0.29) is 23.7 Å². The predicted molar refractivity (Wildman–Crippen MR) is 61.4 cm³/mol. The molecule has 5 heteroatoms. The van der Waals surface area contributed by atoms with Gasteiger partial charge in [0.2, 0.25) is 9.97 Å². The van der Waals surface area contributed by atoms with Gasteiger partial charge in [-0.25, -0.2) is 8.42 Å². The van der Waals surface area contributed by atoms with Gasteiger partial charge in [0.1, 0.15) is 0 Å². The van der Waals surface area contributed by atoms with Gasteiger partial charge in [0.05, 0.1) is 0 Å². The summed E-state index contributed by atoms with van der Waals surface area (Å²) in [4.78, 5) is 0. The molecule has 1 unspecified atom stereocenters. The van der Waals surface area contributed by atoms with Gasteiger partial charge in [-0.3, -0.25) is 4.55 Å². The van der Waals surface area contributed by atoms with E-state index in [1.54, 1.807) is 0 Å². The van der Waals surface area contributed by atoms with Crippen LogP contribution >= 0.6 is 0 Å². The van der Waals surface area contributed by atoms with Crippen LogP contribution in [0.4, 0.5) is 0 Å². The van der Waals surface area contributed by atoms with Crippen molar-refractivity contribution >= 4 is 16.5 Å². The van der Waals surface area contributed by atoms with Crippen molar-refractivity contribution in [2.75, 3.05) is 0 Å². The molecule has 0 aromatic heterocycles. The maximum Gasteiger partial charge on any atom is 0.312 e. The van der Waals surface area contributed by atoms with E-state index < -0.39 is 9.97 Å². The Kier molecular flexibility index (Phi) is 4.65. The molecular weight excluding hydrogens is 199 g/mol. The molecule has 0 bridgehead atoms. The van der Waals surface area contributed by atoms with E-state index in [1.165, 1.54) is 0 Å². The minimum atomic E-state index is -3.84. The molecule has 0 aliphatic rings. The minimum absolute atomic E-state index is 0.0324. The van der Waals surface area contributed by atoms with E-state index in [1.807, 2.05) is 13.8 Å². The summed E-state index contributed by atoms with van der Waals surface area (Å²) in [6.07, 6.45) is 0.810. The van der Waals surface area contributed by atoms with Crippen LogP contribution in [0, 0.1) is 11.3 Å². The van der Waals surface area contributed by atoms with E-state index in [0.29, 0.717) is 0 Å². The van der Waals surface area contributed by atoms with Gasteiger partial charge in [0.15, 0.2) is 0 Å². The summed E-state index contributed by atoms with van der Waals surface area (Å²) in [6, 6.07) is 0. The summed E-state index contributed by atoms with van der Waals surface area (Å²) in [6.45, 7) is 10.1. The van der Waals surface area contributed by atoms with E-state index in [4.69, 9.17) is 4.55 Å². The first kappa shape index (κ1) is 14.0. The maximum atomic E-state index is 10.8. The second-order valence-corrected chi connectivity index (χ2v) is 7.01. The molecule has 0 fully saturated rings. The molecule has 0 heterocycles. The topological polar surface area (TPSA) is 54.4 Å². The van der Waals surface area contributed by atoms with E-state index in [0.717, 1.165) is 6.42 Å². The highest BCUT2D eigenvalue weighted by molar-refractivity contribution is 8.10. The van der Waals surface area contributed by atoms with E-state index >= 15 is 0 Å². The van der Waals surface area contributed by atoms with Crippen LogP contribution < -0.4 is 0 Å². The molecule has 0 amide bonds. The zero-order valence-corrected chi connectivity index (χ0v) is 10.6. The summed E-state index contributed by atoms with van der Waals surface area (Å²) in [5, 5.41) is 0. The van der Waals surface area contributed by atoms with Gasteiger partial charge in [0.25, 0.3) is 0 Å². The molecule has 0 saturated carbocycles. The Hall–Kier alpha value is -0.0251. The van der Waals surface area contributed by atoms with Gasteiger partial charge in [-0.15, -0.1) is 0 Å². The van der Waals surface area contributed by atoms with Crippen molar-refractivity contribution < 1.29 is 13.0 Å². The highest BCUT2D eigenvalue weighted by Crippen LogP contribution is 2.32. The summed E-state index contributed by atoms with van der Waals surface area (Å²) in [5.41, 5.74) is 0.0969. The molecule has 0 spiro atoms. The predicted octanol–water partition coefficient (Wildman–Crippen LogP) is 2.11. The molecule has 0 saturated heterocycles. The molecule has 0 rings (SSSR count). The monoisotopic (exact) mass is 220 g/mol. The third kappa shape index (κ3) is 7.39. The second-order valence-electron chi connectivity index (χ2n) is 5.52.